The number of hydrogen-bond acceptors (Lipinski definition) is 5. The molecule has 136 valence electrons. The molecule has 0 radical (unpaired) electrons. The second kappa shape index (κ2) is 6.60. The van der Waals surface area contributed by atoms with Crippen molar-refractivity contribution in [2.45, 2.75) is 24.3 Å². The van der Waals surface area contributed by atoms with Crippen LogP contribution in [-0.4, -0.2) is 38.2 Å². The molecule has 1 saturated heterocycles. The summed E-state index contributed by atoms with van der Waals surface area (Å²) in [5.74, 6) is 0.882. The standard InChI is InChI=1S/C18H19N3O4S/c22-18(19-11-14-6-4-10-25-14)13-5-3-9-21(12-13)17-15-7-1-2-8-16(15)26(23,24)20-17/h1-2,4,6-8,10,13H,3,5,9,11-12H2,(H,19,22)/t13-/m1/s1. The molecule has 2 aromatic rings. The van der Waals surface area contributed by atoms with E-state index in [1.807, 2.05) is 11.0 Å². The van der Waals surface area contributed by atoms with E-state index in [2.05, 4.69) is 9.71 Å². The summed E-state index contributed by atoms with van der Waals surface area (Å²) in [7, 11) is -3.65. The molecule has 0 bridgehead atoms. The zero-order chi connectivity index (χ0) is 18.1. The lowest BCUT2D eigenvalue weighted by atomic mass is 9.96. The third-order valence-electron chi connectivity index (χ3n) is 4.72. The van der Waals surface area contributed by atoms with Crippen molar-refractivity contribution in [1.82, 2.24) is 10.2 Å². The van der Waals surface area contributed by atoms with Crippen molar-refractivity contribution < 1.29 is 17.6 Å². The minimum absolute atomic E-state index is 0.0548. The molecule has 2 aliphatic heterocycles. The zero-order valence-electron chi connectivity index (χ0n) is 14.1. The first-order valence-electron chi connectivity index (χ1n) is 8.54. The number of furan rings is 1. The number of sulfonamides is 1. The Kier molecular flexibility index (Phi) is 4.28. The number of nitrogens with one attached hydrogen (secondary N) is 1. The van der Waals surface area contributed by atoms with Crippen molar-refractivity contribution in [3.05, 3.63) is 54.0 Å². The Hall–Kier alpha value is -2.61. The van der Waals surface area contributed by atoms with Gasteiger partial charge in [-0.05, 0) is 37.1 Å². The minimum atomic E-state index is -3.65. The lowest BCUT2D eigenvalue weighted by Crippen LogP contribution is -2.45. The summed E-state index contributed by atoms with van der Waals surface area (Å²) in [5.41, 5.74) is 0.615. The molecule has 1 amide bonds. The van der Waals surface area contributed by atoms with Gasteiger partial charge in [-0.3, -0.25) is 4.79 Å². The molecular weight excluding hydrogens is 354 g/mol. The molecule has 7 nitrogen and oxygen atoms in total. The molecule has 8 heteroatoms. The summed E-state index contributed by atoms with van der Waals surface area (Å²) < 4.78 is 33.7. The van der Waals surface area contributed by atoms with Crippen LogP contribution in [0, 0.1) is 5.92 Å². The van der Waals surface area contributed by atoms with Gasteiger partial charge >= 0.3 is 0 Å². The number of piperidine rings is 1. The maximum absolute atomic E-state index is 12.5. The van der Waals surface area contributed by atoms with Crippen LogP contribution < -0.4 is 5.32 Å². The van der Waals surface area contributed by atoms with E-state index in [1.165, 1.54) is 0 Å². The van der Waals surface area contributed by atoms with Crippen molar-refractivity contribution >= 4 is 21.8 Å². The van der Waals surface area contributed by atoms with E-state index in [1.54, 1.807) is 36.6 Å². The Morgan fingerprint density at radius 3 is 2.92 bits per heavy atom. The van der Waals surface area contributed by atoms with Gasteiger partial charge in [0.05, 0.1) is 18.7 Å². The number of carbonyl (C=O) groups is 1. The van der Waals surface area contributed by atoms with E-state index in [4.69, 9.17) is 4.42 Å². The quantitative estimate of drug-likeness (QED) is 0.885. The number of amidine groups is 1. The topological polar surface area (TPSA) is 92.0 Å². The predicted molar refractivity (Wildman–Crippen MR) is 95.0 cm³/mol. The Bertz CT molecular complexity index is 951. The average Bonchev–Trinajstić information content (AvgIpc) is 3.26. The molecule has 4 rings (SSSR count). The Balaban J connectivity index is 1.48. The highest BCUT2D eigenvalue weighted by Crippen LogP contribution is 2.29. The predicted octanol–water partition coefficient (Wildman–Crippen LogP) is 1.76. The van der Waals surface area contributed by atoms with Crippen molar-refractivity contribution in [2.24, 2.45) is 10.3 Å². The summed E-state index contributed by atoms with van der Waals surface area (Å²) in [6.45, 7) is 1.48. The highest BCUT2D eigenvalue weighted by Gasteiger charge is 2.35. The van der Waals surface area contributed by atoms with E-state index < -0.39 is 10.0 Å². The molecule has 0 saturated carbocycles. The Labute approximate surface area is 151 Å². The lowest BCUT2D eigenvalue weighted by Gasteiger charge is -2.33. The van der Waals surface area contributed by atoms with Gasteiger partial charge in [-0.2, -0.15) is 8.42 Å². The molecule has 0 unspecified atom stereocenters. The van der Waals surface area contributed by atoms with Gasteiger partial charge in [0, 0.05) is 18.7 Å². The first-order valence-corrected chi connectivity index (χ1v) is 9.98. The van der Waals surface area contributed by atoms with Crippen molar-refractivity contribution in [3.8, 4) is 0 Å². The fourth-order valence-corrected chi connectivity index (χ4v) is 4.66. The van der Waals surface area contributed by atoms with Crippen molar-refractivity contribution in [3.63, 3.8) is 0 Å². The van der Waals surface area contributed by atoms with Crippen molar-refractivity contribution in [2.75, 3.05) is 13.1 Å². The lowest BCUT2D eigenvalue weighted by molar-refractivity contribution is -0.126. The van der Waals surface area contributed by atoms with Crippen LogP contribution in [0.25, 0.3) is 0 Å². The molecule has 1 fully saturated rings. The van der Waals surface area contributed by atoms with E-state index in [9.17, 15) is 13.2 Å². The number of benzene rings is 1. The van der Waals surface area contributed by atoms with Crippen LogP contribution in [-0.2, 0) is 21.4 Å². The largest absolute Gasteiger partial charge is 0.467 e. The summed E-state index contributed by atoms with van der Waals surface area (Å²) in [6, 6.07) is 10.4. The molecule has 3 heterocycles. The molecular formula is C18H19N3O4S. The van der Waals surface area contributed by atoms with Gasteiger partial charge in [0.2, 0.25) is 5.91 Å². The third kappa shape index (κ3) is 3.12. The summed E-state index contributed by atoms with van der Waals surface area (Å²) >= 11 is 0. The SMILES string of the molecule is O=C(NCc1ccco1)[C@@H]1CCCN(C2=NS(=O)(=O)c3ccccc32)C1. The maximum Gasteiger partial charge on any atom is 0.285 e. The summed E-state index contributed by atoms with van der Waals surface area (Å²) in [5, 5.41) is 2.88. The molecule has 1 atom stereocenters. The molecule has 1 aromatic heterocycles. The number of nitrogens with zero attached hydrogens (tertiary/aromatic N) is 2. The third-order valence-corrected chi connectivity index (χ3v) is 6.05. The van der Waals surface area contributed by atoms with Crippen LogP contribution in [0.5, 0.6) is 0 Å². The number of fused-ring (bicyclic) bond motifs is 1. The molecule has 26 heavy (non-hydrogen) atoms. The van der Waals surface area contributed by atoms with E-state index in [0.717, 1.165) is 12.8 Å². The zero-order valence-corrected chi connectivity index (χ0v) is 14.9. The van der Waals surface area contributed by atoms with Crippen LogP contribution >= 0.6 is 0 Å². The summed E-state index contributed by atoms with van der Waals surface area (Å²) in [4.78, 5) is 14.6. The monoisotopic (exact) mass is 373 g/mol. The second-order valence-corrected chi connectivity index (χ2v) is 8.04. The highest BCUT2D eigenvalue weighted by atomic mass is 32.2. The summed E-state index contributed by atoms with van der Waals surface area (Å²) in [6.07, 6.45) is 3.14. The number of hydrogen-bond donors (Lipinski definition) is 1. The van der Waals surface area contributed by atoms with Gasteiger partial charge in [-0.25, -0.2) is 0 Å². The van der Waals surface area contributed by atoms with Gasteiger partial charge in [-0.1, -0.05) is 12.1 Å². The van der Waals surface area contributed by atoms with Crippen molar-refractivity contribution in [1.29, 1.82) is 0 Å². The smallest absolute Gasteiger partial charge is 0.285 e. The van der Waals surface area contributed by atoms with Gasteiger partial charge in [-0.15, -0.1) is 4.40 Å². The number of amides is 1. The molecule has 1 aromatic carbocycles. The van der Waals surface area contributed by atoms with Gasteiger partial charge in [0.25, 0.3) is 10.0 Å². The fraction of sp³-hybridized carbons (Fsp3) is 0.333. The van der Waals surface area contributed by atoms with E-state index in [0.29, 0.717) is 36.8 Å². The molecule has 2 aliphatic rings. The van der Waals surface area contributed by atoms with E-state index in [-0.39, 0.29) is 16.7 Å². The van der Waals surface area contributed by atoms with Gasteiger partial charge in [0.15, 0.2) is 5.84 Å². The van der Waals surface area contributed by atoms with E-state index >= 15 is 0 Å². The van der Waals surface area contributed by atoms with Crippen LogP contribution in [0.4, 0.5) is 0 Å². The van der Waals surface area contributed by atoms with Crippen LogP contribution in [0.2, 0.25) is 0 Å². The number of likely N-dealkylation sites (tertiary alicyclic amines) is 1. The first-order chi connectivity index (χ1) is 12.5. The maximum atomic E-state index is 12.5. The Morgan fingerprint density at radius 2 is 2.12 bits per heavy atom. The van der Waals surface area contributed by atoms with Crippen LogP contribution in [0.15, 0.2) is 56.4 Å². The molecule has 0 spiro atoms. The Morgan fingerprint density at radius 1 is 1.27 bits per heavy atom. The van der Waals surface area contributed by atoms with Crippen LogP contribution in [0.1, 0.15) is 24.2 Å². The minimum Gasteiger partial charge on any atom is -0.467 e. The first kappa shape index (κ1) is 16.8. The van der Waals surface area contributed by atoms with Gasteiger partial charge in [0.1, 0.15) is 10.7 Å². The van der Waals surface area contributed by atoms with Crippen LogP contribution in [0.3, 0.4) is 0 Å². The normalized spacial score (nSPS) is 21.2. The highest BCUT2D eigenvalue weighted by molar-refractivity contribution is 7.90. The number of carbonyl (C=O) groups excluding carboxylic acids is 1. The number of rotatable bonds is 3. The second-order valence-electron chi connectivity index (χ2n) is 6.47. The fourth-order valence-electron chi connectivity index (χ4n) is 3.43. The average molecular weight is 373 g/mol. The molecule has 0 aliphatic carbocycles. The molecule has 1 N–H and O–H groups in total. The van der Waals surface area contributed by atoms with Gasteiger partial charge < -0.3 is 14.6 Å².